The molecule has 0 rings (SSSR count). The van der Waals surface area contributed by atoms with Crippen LogP contribution in [0.1, 0.15) is 159 Å². The predicted molar refractivity (Wildman–Crippen MR) is 290 cm³/mol. The molecule has 0 aliphatic carbocycles. The molecule has 0 saturated carbocycles. The summed E-state index contributed by atoms with van der Waals surface area (Å²) in [7, 11) is 12.3. The van der Waals surface area contributed by atoms with Crippen molar-refractivity contribution in [2.75, 3.05) is 95.9 Å². The second-order valence-corrected chi connectivity index (χ2v) is 22.0. The lowest BCUT2D eigenvalue weighted by Crippen LogP contribution is -2.46. The van der Waals surface area contributed by atoms with Gasteiger partial charge in [0.2, 0.25) is 23.6 Å². The van der Waals surface area contributed by atoms with Crippen LogP contribution >= 0.6 is 0 Å². The lowest BCUT2D eigenvalue weighted by Gasteiger charge is -2.25. The first-order chi connectivity index (χ1) is 34.5. The Morgan fingerprint density at radius 2 is 0.608 bits per heavy atom. The third-order valence-corrected chi connectivity index (χ3v) is 12.6. The fraction of sp³-hybridized carbons (Fsp3) is 0.852. The molecule has 4 N–H and O–H groups in total. The Kier molecular flexibility index (Phi) is 37.8. The molecule has 0 heterocycles. The maximum absolute atomic E-state index is 12.6. The number of nitrogens with zero attached hydrogens (tertiary/aromatic N) is 4. The summed E-state index contributed by atoms with van der Waals surface area (Å²) in [6.07, 6.45) is 8.97. The Labute approximate surface area is 446 Å². The van der Waals surface area contributed by atoms with Crippen molar-refractivity contribution in [3.63, 3.8) is 0 Å². The van der Waals surface area contributed by atoms with Crippen LogP contribution in [0.5, 0.6) is 0 Å². The first-order valence-electron chi connectivity index (χ1n) is 26.8. The van der Waals surface area contributed by atoms with Gasteiger partial charge in [-0.3, -0.25) is 38.4 Å². The molecule has 432 valence electrons. The Hall–Kier alpha value is -4.40. The smallest absolute Gasteiger partial charge is 0.323 e. The largest absolute Gasteiger partial charge is 0.468 e. The number of carbonyl (C=O) groups is 8. The van der Waals surface area contributed by atoms with Crippen LogP contribution < -0.4 is 21.3 Å². The summed E-state index contributed by atoms with van der Waals surface area (Å²) in [5.74, 6) is -2.13. The average molecular weight is 1060 g/mol. The van der Waals surface area contributed by atoms with Gasteiger partial charge in [-0.15, -0.1) is 0 Å². The van der Waals surface area contributed by atoms with Crippen molar-refractivity contribution in [2.24, 2.45) is 10.8 Å². The third kappa shape index (κ3) is 34.2. The van der Waals surface area contributed by atoms with Crippen LogP contribution in [-0.4, -0.2) is 199 Å². The van der Waals surface area contributed by atoms with Gasteiger partial charge in [0, 0.05) is 79.5 Å². The van der Waals surface area contributed by atoms with Gasteiger partial charge in [0.15, 0.2) is 0 Å². The van der Waals surface area contributed by atoms with Crippen LogP contribution in [0.25, 0.3) is 0 Å². The zero-order valence-corrected chi connectivity index (χ0v) is 49.3. The molecular weight excluding hydrogens is 953 g/mol. The van der Waals surface area contributed by atoms with E-state index in [2.05, 4.69) is 62.8 Å². The lowest BCUT2D eigenvalue weighted by molar-refractivity contribution is -0.146. The molecule has 0 spiro atoms. The number of amides is 4. The van der Waals surface area contributed by atoms with Gasteiger partial charge in [-0.2, -0.15) is 0 Å². The van der Waals surface area contributed by atoms with Gasteiger partial charge in [-0.25, -0.2) is 0 Å². The van der Waals surface area contributed by atoms with Crippen molar-refractivity contribution in [3.05, 3.63) is 0 Å². The molecule has 20 heteroatoms. The standard InChI is InChI=1S/C28H54N4O6.C26H50N4O6/c1-27(2,3)19-29-21(25(35)37-9)17-23(33)31(7)15-13-11-12-14-16-32(8)24(34)18-22(26(36)38-10)30-20-28(4,5)6;1-9-19(3)27-21(25(33)35-7)17-23(31)29(5)15-13-11-12-14-16-30(6)24(32)18-22(26(34)36-8)28-20(4)10-2/h21-22,29-30H,11-20H2,1-10H3;19-22,27-28H,9-18H2,1-8H3. The minimum Gasteiger partial charge on any atom is -0.468 e. The summed E-state index contributed by atoms with van der Waals surface area (Å²) in [5.41, 5.74) is -0.0434. The van der Waals surface area contributed by atoms with Gasteiger partial charge >= 0.3 is 23.9 Å². The van der Waals surface area contributed by atoms with Gasteiger partial charge in [0.05, 0.1) is 54.1 Å². The molecule has 0 aliphatic heterocycles. The number of hydrogen-bond donors (Lipinski definition) is 4. The van der Waals surface area contributed by atoms with E-state index >= 15 is 0 Å². The number of nitrogens with one attached hydrogen (secondary N) is 4. The molecule has 0 saturated heterocycles. The third-order valence-electron chi connectivity index (χ3n) is 12.6. The van der Waals surface area contributed by atoms with Crippen LogP contribution in [0.15, 0.2) is 0 Å². The molecule has 4 amide bonds. The first kappa shape index (κ1) is 71.7. The number of esters is 4. The summed E-state index contributed by atoms with van der Waals surface area (Å²) in [4.78, 5) is 105. The quantitative estimate of drug-likeness (QED) is 0.0378. The summed E-state index contributed by atoms with van der Waals surface area (Å²) in [5, 5.41) is 12.6. The van der Waals surface area contributed by atoms with E-state index in [1.54, 1.807) is 47.8 Å². The van der Waals surface area contributed by atoms with Crippen LogP contribution in [0.4, 0.5) is 0 Å². The number of methoxy groups -OCH3 is 4. The highest BCUT2D eigenvalue weighted by Gasteiger charge is 2.29. The minimum absolute atomic E-state index is 0.0217. The van der Waals surface area contributed by atoms with E-state index in [-0.39, 0.29) is 72.2 Å². The van der Waals surface area contributed by atoms with Gasteiger partial charge in [-0.05, 0) is 63.2 Å². The Morgan fingerprint density at radius 1 is 0.392 bits per heavy atom. The van der Waals surface area contributed by atoms with Gasteiger partial charge in [0.1, 0.15) is 24.2 Å². The molecule has 0 bridgehead atoms. The van der Waals surface area contributed by atoms with Gasteiger partial charge in [-0.1, -0.05) is 81.1 Å². The molecule has 20 nitrogen and oxygen atoms in total. The van der Waals surface area contributed by atoms with Crippen molar-refractivity contribution in [1.82, 2.24) is 40.9 Å². The number of carbonyl (C=O) groups excluding carboxylic acids is 8. The molecular formula is C54H104N8O12. The van der Waals surface area contributed by atoms with Crippen molar-refractivity contribution < 1.29 is 57.3 Å². The normalized spacial score (nSPS) is 13.9. The molecule has 74 heavy (non-hydrogen) atoms. The van der Waals surface area contributed by atoms with Crippen molar-refractivity contribution >= 4 is 47.5 Å². The number of hydrogen-bond acceptors (Lipinski definition) is 16. The molecule has 0 aliphatic rings. The maximum atomic E-state index is 12.6. The highest BCUT2D eigenvalue weighted by molar-refractivity contribution is 5.87. The highest BCUT2D eigenvalue weighted by Crippen LogP contribution is 2.15. The average Bonchev–Trinajstić information content (AvgIpc) is 3.35. The maximum Gasteiger partial charge on any atom is 0.323 e. The van der Waals surface area contributed by atoms with E-state index in [0.29, 0.717) is 39.3 Å². The fourth-order valence-electron chi connectivity index (χ4n) is 7.17. The molecule has 0 aromatic heterocycles. The Morgan fingerprint density at radius 3 is 0.811 bits per heavy atom. The summed E-state index contributed by atoms with van der Waals surface area (Å²) in [6.45, 7) is 23.9. The fourth-order valence-corrected chi connectivity index (χ4v) is 7.17. The highest BCUT2D eigenvalue weighted by atomic mass is 16.5. The van der Waals surface area contributed by atoms with E-state index in [4.69, 9.17) is 18.9 Å². The monoisotopic (exact) mass is 1060 g/mol. The topological polar surface area (TPSA) is 235 Å². The predicted octanol–water partition coefficient (Wildman–Crippen LogP) is 4.70. The molecule has 0 radical (unpaired) electrons. The van der Waals surface area contributed by atoms with Crippen LogP contribution in [0, 0.1) is 10.8 Å². The van der Waals surface area contributed by atoms with Crippen LogP contribution in [-0.2, 0) is 57.3 Å². The van der Waals surface area contributed by atoms with E-state index in [9.17, 15) is 38.4 Å². The molecule has 6 unspecified atom stereocenters. The molecule has 0 fully saturated rings. The van der Waals surface area contributed by atoms with E-state index < -0.39 is 48.0 Å². The number of rotatable bonds is 36. The summed E-state index contributed by atoms with van der Waals surface area (Å²) >= 11 is 0. The number of unbranched alkanes of at least 4 members (excludes halogenated alkanes) is 6. The van der Waals surface area contributed by atoms with Crippen molar-refractivity contribution in [1.29, 1.82) is 0 Å². The van der Waals surface area contributed by atoms with E-state index in [0.717, 1.165) is 64.2 Å². The minimum atomic E-state index is -0.662. The van der Waals surface area contributed by atoms with Gasteiger partial charge in [0.25, 0.3) is 0 Å². The zero-order valence-electron chi connectivity index (χ0n) is 49.3. The SMILES string of the molecule is CCC(C)NC(CC(=O)N(C)CCCCCCN(C)C(=O)CC(NC(C)CC)C(=O)OC)C(=O)OC.COC(=O)C(CC(=O)N(C)CCCCCCN(C)C(=O)CC(NCC(C)(C)C)C(=O)OC)NCC(C)(C)C. The first-order valence-corrected chi connectivity index (χ1v) is 26.8. The van der Waals surface area contributed by atoms with E-state index in [1.807, 2.05) is 27.7 Å². The second kappa shape index (κ2) is 39.0. The molecule has 0 aromatic rings. The van der Waals surface area contributed by atoms with Crippen molar-refractivity contribution in [2.45, 2.75) is 195 Å². The summed E-state index contributed by atoms with van der Waals surface area (Å²) < 4.78 is 19.4. The second-order valence-electron chi connectivity index (χ2n) is 22.0. The Bertz CT molecular complexity index is 1540. The molecule has 6 atom stereocenters. The van der Waals surface area contributed by atoms with Crippen molar-refractivity contribution in [3.8, 4) is 0 Å². The summed E-state index contributed by atoms with van der Waals surface area (Å²) in [6, 6.07) is -2.40. The Balaban J connectivity index is 0. The van der Waals surface area contributed by atoms with Crippen LogP contribution in [0.3, 0.4) is 0 Å². The van der Waals surface area contributed by atoms with E-state index in [1.165, 1.54) is 28.4 Å². The number of ether oxygens (including phenoxy) is 4. The van der Waals surface area contributed by atoms with Gasteiger partial charge < -0.3 is 59.8 Å². The lowest BCUT2D eigenvalue weighted by atomic mass is 9.96. The molecule has 0 aromatic carbocycles. The van der Waals surface area contributed by atoms with Crippen LogP contribution in [0.2, 0.25) is 0 Å². The zero-order chi connectivity index (χ0) is 57.2.